The summed E-state index contributed by atoms with van der Waals surface area (Å²) >= 11 is 0. The number of carbonyl (C=O) groups is 1. The van der Waals surface area contributed by atoms with Crippen molar-refractivity contribution in [2.45, 2.75) is 26.8 Å². The number of anilines is 2. The van der Waals surface area contributed by atoms with Crippen LogP contribution in [0.2, 0.25) is 0 Å². The normalized spacial score (nSPS) is 12.3. The van der Waals surface area contributed by atoms with Gasteiger partial charge in [0.1, 0.15) is 0 Å². The summed E-state index contributed by atoms with van der Waals surface area (Å²) in [5.74, 6) is 0.0195. The van der Waals surface area contributed by atoms with Crippen LogP contribution in [-0.4, -0.2) is 18.5 Å². The topological polar surface area (TPSA) is 67.2 Å². The Kier molecular flexibility index (Phi) is 4.97. The molecule has 0 aromatic heterocycles. The van der Waals surface area contributed by atoms with E-state index >= 15 is 0 Å². The average molecular weight is 235 g/mol. The quantitative estimate of drug-likeness (QED) is 0.731. The van der Waals surface area contributed by atoms with E-state index in [1.165, 1.54) is 0 Å². The maximum Gasteiger partial charge on any atom is 0.226 e. The van der Waals surface area contributed by atoms with Gasteiger partial charge in [-0.1, -0.05) is 13.8 Å². The first kappa shape index (κ1) is 13.5. The first-order valence-corrected chi connectivity index (χ1v) is 5.90. The lowest BCUT2D eigenvalue weighted by Gasteiger charge is -2.13. The van der Waals surface area contributed by atoms with Gasteiger partial charge in [0.25, 0.3) is 0 Å². The molecule has 0 aliphatic heterocycles. The number of rotatable bonds is 5. The van der Waals surface area contributed by atoms with Gasteiger partial charge >= 0.3 is 0 Å². The average Bonchev–Trinajstić information content (AvgIpc) is 2.31. The minimum absolute atomic E-state index is 0.00920. The summed E-state index contributed by atoms with van der Waals surface area (Å²) in [6, 6.07) is 7.87. The highest BCUT2D eigenvalue weighted by molar-refractivity contribution is 5.92. The zero-order valence-electron chi connectivity index (χ0n) is 10.7. The molecule has 0 saturated carbocycles. The van der Waals surface area contributed by atoms with Gasteiger partial charge < -0.3 is 16.4 Å². The fraction of sp³-hybridized carbons (Fsp3) is 0.462. The van der Waals surface area contributed by atoms with Gasteiger partial charge in [-0.3, -0.25) is 4.79 Å². The van der Waals surface area contributed by atoms with Gasteiger partial charge in [0.15, 0.2) is 0 Å². The fourth-order valence-electron chi connectivity index (χ4n) is 1.28. The van der Waals surface area contributed by atoms with Crippen molar-refractivity contribution in [1.82, 2.24) is 0 Å². The summed E-state index contributed by atoms with van der Waals surface area (Å²) < 4.78 is 0. The summed E-state index contributed by atoms with van der Waals surface area (Å²) in [4.78, 5) is 11.5. The smallest absolute Gasteiger partial charge is 0.226 e. The predicted octanol–water partition coefficient (Wildman–Crippen LogP) is 2.04. The van der Waals surface area contributed by atoms with E-state index in [2.05, 4.69) is 10.6 Å². The van der Waals surface area contributed by atoms with Crippen molar-refractivity contribution in [2.75, 3.05) is 17.2 Å². The molecular formula is C13H21N3O. The molecule has 4 N–H and O–H groups in total. The van der Waals surface area contributed by atoms with E-state index in [9.17, 15) is 4.79 Å². The maximum atomic E-state index is 11.5. The Hall–Kier alpha value is -1.55. The lowest BCUT2D eigenvalue weighted by atomic mass is 10.2. The summed E-state index contributed by atoms with van der Waals surface area (Å²) in [6.07, 6.45) is 0. The van der Waals surface area contributed by atoms with Crippen molar-refractivity contribution >= 4 is 17.3 Å². The molecule has 0 fully saturated rings. The van der Waals surface area contributed by atoms with Crippen molar-refractivity contribution < 1.29 is 4.79 Å². The third-order valence-electron chi connectivity index (χ3n) is 2.44. The van der Waals surface area contributed by atoms with E-state index in [0.29, 0.717) is 6.54 Å². The molecule has 0 aliphatic carbocycles. The molecule has 1 aromatic carbocycles. The van der Waals surface area contributed by atoms with E-state index in [4.69, 9.17) is 5.73 Å². The minimum atomic E-state index is -0.00920. The van der Waals surface area contributed by atoms with Gasteiger partial charge in [-0.25, -0.2) is 0 Å². The predicted molar refractivity (Wildman–Crippen MR) is 72.0 cm³/mol. The number of amides is 1. The lowest BCUT2D eigenvalue weighted by molar-refractivity contribution is -0.118. The van der Waals surface area contributed by atoms with Crippen LogP contribution in [0.15, 0.2) is 24.3 Å². The highest BCUT2D eigenvalue weighted by Gasteiger charge is 2.06. The Bertz CT molecular complexity index is 359. The molecule has 0 aliphatic rings. The van der Waals surface area contributed by atoms with Crippen LogP contribution in [-0.2, 0) is 4.79 Å². The van der Waals surface area contributed by atoms with Gasteiger partial charge in [-0.2, -0.15) is 0 Å². The molecule has 0 heterocycles. The Labute approximate surface area is 103 Å². The molecule has 94 valence electrons. The number of hydrogen-bond donors (Lipinski definition) is 3. The highest BCUT2D eigenvalue weighted by Crippen LogP contribution is 2.15. The molecule has 1 aromatic rings. The summed E-state index contributed by atoms with van der Waals surface area (Å²) in [6.45, 7) is 6.35. The van der Waals surface area contributed by atoms with Crippen LogP contribution >= 0.6 is 0 Å². The Morgan fingerprint density at radius 1 is 1.18 bits per heavy atom. The van der Waals surface area contributed by atoms with E-state index < -0.39 is 0 Å². The zero-order chi connectivity index (χ0) is 12.8. The monoisotopic (exact) mass is 235 g/mol. The molecule has 1 atom stereocenters. The van der Waals surface area contributed by atoms with Gasteiger partial charge in [-0.15, -0.1) is 0 Å². The molecule has 0 spiro atoms. The van der Waals surface area contributed by atoms with Crippen LogP contribution < -0.4 is 16.4 Å². The second-order valence-corrected chi connectivity index (χ2v) is 4.50. The van der Waals surface area contributed by atoms with E-state index in [-0.39, 0.29) is 17.9 Å². The SMILES string of the molecule is CC(CN)Nc1ccc(NC(=O)C(C)C)cc1. The van der Waals surface area contributed by atoms with Crippen LogP contribution in [0.25, 0.3) is 0 Å². The molecular weight excluding hydrogens is 214 g/mol. The fourth-order valence-corrected chi connectivity index (χ4v) is 1.28. The van der Waals surface area contributed by atoms with Crippen molar-refractivity contribution in [2.24, 2.45) is 11.7 Å². The standard InChI is InChI=1S/C13H21N3O/c1-9(2)13(17)16-12-6-4-11(5-7-12)15-10(3)8-14/h4-7,9-10,15H,8,14H2,1-3H3,(H,16,17). The minimum Gasteiger partial charge on any atom is -0.381 e. The second kappa shape index (κ2) is 6.25. The zero-order valence-corrected chi connectivity index (χ0v) is 10.7. The van der Waals surface area contributed by atoms with E-state index in [1.807, 2.05) is 45.0 Å². The van der Waals surface area contributed by atoms with Crippen LogP contribution in [0.4, 0.5) is 11.4 Å². The Morgan fingerprint density at radius 2 is 1.71 bits per heavy atom. The Morgan fingerprint density at radius 3 is 2.18 bits per heavy atom. The largest absolute Gasteiger partial charge is 0.381 e. The van der Waals surface area contributed by atoms with Crippen LogP contribution in [0.3, 0.4) is 0 Å². The van der Waals surface area contributed by atoms with E-state index in [0.717, 1.165) is 11.4 Å². The molecule has 0 radical (unpaired) electrons. The van der Waals surface area contributed by atoms with Crippen molar-refractivity contribution in [3.05, 3.63) is 24.3 Å². The molecule has 1 rings (SSSR count). The van der Waals surface area contributed by atoms with Gasteiger partial charge in [-0.05, 0) is 31.2 Å². The third kappa shape index (κ3) is 4.44. The van der Waals surface area contributed by atoms with Gasteiger partial charge in [0, 0.05) is 29.9 Å². The first-order valence-electron chi connectivity index (χ1n) is 5.90. The molecule has 0 saturated heterocycles. The Balaban J connectivity index is 2.59. The van der Waals surface area contributed by atoms with Gasteiger partial charge in [0.05, 0.1) is 0 Å². The number of nitrogens with one attached hydrogen (secondary N) is 2. The van der Waals surface area contributed by atoms with E-state index in [1.54, 1.807) is 0 Å². The molecule has 1 unspecified atom stereocenters. The molecule has 4 nitrogen and oxygen atoms in total. The van der Waals surface area contributed by atoms with Crippen molar-refractivity contribution in [1.29, 1.82) is 0 Å². The van der Waals surface area contributed by atoms with Crippen molar-refractivity contribution in [3.63, 3.8) is 0 Å². The first-order chi connectivity index (χ1) is 8.02. The molecule has 17 heavy (non-hydrogen) atoms. The lowest BCUT2D eigenvalue weighted by Crippen LogP contribution is -2.25. The molecule has 4 heteroatoms. The summed E-state index contributed by atoms with van der Waals surface area (Å²) in [5, 5.41) is 6.10. The number of carbonyl (C=O) groups excluding carboxylic acids is 1. The second-order valence-electron chi connectivity index (χ2n) is 4.50. The third-order valence-corrected chi connectivity index (χ3v) is 2.44. The number of benzene rings is 1. The highest BCUT2D eigenvalue weighted by atomic mass is 16.1. The molecule has 0 bridgehead atoms. The number of nitrogens with two attached hydrogens (primary N) is 1. The van der Waals surface area contributed by atoms with Gasteiger partial charge in [0.2, 0.25) is 5.91 Å². The molecule has 1 amide bonds. The van der Waals surface area contributed by atoms with Crippen LogP contribution in [0, 0.1) is 5.92 Å². The van der Waals surface area contributed by atoms with Crippen LogP contribution in [0.5, 0.6) is 0 Å². The van der Waals surface area contributed by atoms with Crippen molar-refractivity contribution in [3.8, 4) is 0 Å². The van der Waals surface area contributed by atoms with Crippen LogP contribution in [0.1, 0.15) is 20.8 Å². The number of hydrogen-bond acceptors (Lipinski definition) is 3. The summed E-state index contributed by atoms with van der Waals surface area (Å²) in [7, 11) is 0. The summed E-state index contributed by atoms with van der Waals surface area (Å²) in [5.41, 5.74) is 7.35. The maximum absolute atomic E-state index is 11.5.